The van der Waals surface area contributed by atoms with Gasteiger partial charge < -0.3 is 20.5 Å². The predicted octanol–water partition coefficient (Wildman–Crippen LogP) is 4.56. The van der Waals surface area contributed by atoms with Crippen molar-refractivity contribution in [2.75, 3.05) is 13.2 Å². The molecule has 2 atom stereocenters. The maximum atomic E-state index is 12.6. The summed E-state index contributed by atoms with van der Waals surface area (Å²) < 4.78 is 5.61. The quantitative estimate of drug-likeness (QED) is 0.490. The van der Waals surface area contributed by atoms with Gasteiger partial charge in [-0.15, -0.1) is 0 Å². The van der Waals surface area contributed by atoms with Gasteiger partial charge in [-0.25, -0.2) is 9.59 Å². The van der Waals surface area contributed by atoms with E-state index in [1.54, 1.807) is 20.8 Å². The second-order valence-corrected chi connectivity index (χ2v) is 10.7. The molecule has 7 heteroatoms. The Morgan fingerprint density at radius 1 is 1.00 bits per heavy atom. The van der Waals surface area contributed by atoms with Crippen LogP contribution >= 0.6 is 0 Å². The van der Waals surface area contributed by atoms with Crippen LogP contribution in [0.4, 0.5) is 4.79 Å². The predicted molar refractivity (Wildman–Crippen MR) is 133 cm³/mol. The molecule has 0 spiro atoms. The third-order valence-electron chi connectivity index (χ3n) is 7.01. The summed E-state index contributed by atoms with van der Waals surface area (Å²) >= 11 is 0. The molecule has 35 heavy (non-hydrogen) atoms. The summed E-state index contributed by atoms with van der Waals surface area (Å²) in [7, 11) is 0. The van der Waals surface area contributed by atoms with Crippen molar-refractivity contribution in [3.8, 4) is 11.1 Å². The van der Waals surface area contributed by atoms with E-state index in [9.17, 15) is 19.5 Å². The summed E-state index contributed by atoms with van der Waals surface area (Å²) in [6, 6.07) is 15.4. The fourth-order valence-corrected chi connectivity index (χ4v) is 4.94. The summed E-state index contributed by atoms with van der Waals surface area (Å²) in [5.41, 5.74) is 4.05. The van der Waals surface area contributed by atoms with Crippen LogP contribution in [0.5, 0.6) is 0 Å². The molecule has 0 heterocycles. The average Bonchev–Trinajstić information content (AvgIpc) is 3.61. The number of ether oxygens (including phenoxy) is 1. The highest BCUT2D eigenvalue weighted by atomic mass is 16.5. The highest BCUT2D eigenvalue weighted by Crippen LogP contribution is 2.44. The summed E-state index contributed by atoms with van der Waals surface area (Å²) in [6.07, 6.45) is 1.68. The smallest absolute Gasteiger partial charge is 0.407 e. The first-order valence-corrected chi connectivity index (χ1v) is 12.3. The first-order chi connectivity index (χ1) is 16.6. The molecule has 1 saturated carbocycles. The molecule has 0 bridgehead atoms. The molecule has 4 rings (SSSR count). The van der Waals surface area contributed by atoms with Crippen LogP contribution < -0.4 is 10.6 Å². The van der Waals surface area contributed by atoms with Crippen molar-refractivity contribution in [1.82, 2.24) is 10.6 Å². The second kappa shape index (κ2) is 10.1. The van der Waals surface area contributed by atoms with E-state index in [2.05, 4.69) is 34.9 Å². The van der Waals surface area contributed by atoms with E-state index in [1.165, 1.54) is 11.1 Å². The standard InChI is InChI=1S/C28H34N2O5/c1-28(2,3)25(26(32)33)30-24(31)14-18(17-12-13-17)15-29-27(34)35-16-23-21-10-6-4-8-19(21)20-9-5-7-11-22(20)23/h4-11,17-18,23,25H,12-16H2,1-3H3,(H,29,34)(H,30,31)(H,32,33). The number of alkyl carbamates (subject to hydrolysis) is 1. The van der Waals surface area contributed by atoms with Gasteiger partial charge in [0.15, 0.2) is 0 Å². The van der Waals surface area contributed by atoms with E-state index in [0.717, 1.165) is 24.0 Å². The maximum Gasteiger partial charge on any atom is 0.407 e. The largest absolute Gasteiger partial charge is 0.480 e. The van der Waals surface area contributed by atoms with Gasteiger partial charge in [-0.1, -0.05) is 69.3 Å². The van der Waals surface area contributed by atoms with Crippen molar-refractivity contribution in [2.45, 2.75) is 52.0 Å². The monoisotopic (exact) mass is 478 g/mol. The number of carbonyl (C=O) groups is 3. The second-order valence-electron chi connectivity index (χ2n) is 10.7. The lowest BCUT2D eigenvalue weighted by atomic mass is 9.86. The molecule has 2 amide bonds. The van der Waals surface area contributed by atoms with E-state index in [1.807, 2.05) is 24.3 Å². The summed E-state index contributed by atoms with van der Waals surface area (Å²) in [4.78, 5) is 36.7. The normalized spacial score (nSPS) is 16.5. The molecule has 1 fully saturated rings. The van der Waals surface area contributed by atoms with Crippen molar-refractivity contribution >= 4 is 18.0 Å². The van der Waals surface area contributed by atoms with Crippen LogP contribution in [0.1, 0.15) is 57.1 Å². The zero-order valence-corrected chi connectivity index (χ0v) is 20.5. The molecule has 2 unspecified atom stereocenters. The molecule has 2 aromatic carbocycles. The van der Waals surface area contributed by atoms with Crippen LogP contribution in [0.2, 0.25) is 0 Å². The van der Waals surface area contributed by atoms with E-state index in [0.29, 0.717) is 12.5 Å². The van der Waals surface area contributed by atoms with E-state index >= 15 is 0 Å². The molecular weight excluding hydrogens is 444 g/mol. The average molecular weight is 479 g/mol. The van der Waals surface area contributed by atoms with Gasteiger partial charge in [0.2, 0.25) is 5.91 Å². The Labute approximate surface area is 206 Å². The SMILES string of the molecule is CC(C)(C)C(NC(=O)CC(CNC(=O)OCC1c2ccccc2-c2ccccc21)C1CC1)C(=O)O. The van der Waals surface area contributed by atoms with E-state index < -0.39 is 23.5 Å². The van der Waals surface area contributed by atoms with Gasteiger partial charge >= 0.3 is 12.1 Å². The number of nitrogens with one attached hydrogen (secondary N) is 2. The number of carboxylic acid groups (broad SMARTS) is 1. The van der Waals surface area contributed by atoms with Gasteiger partial charge in [0, 0.05) is 18.9 Å². The molecule has 7 nitrogen and oxygen atoms in total. The number of carboxylic acids is 1. The number of amides is 2. The lowest BCUT2D eigenvalue weighted by molar-refractivity contribution is -0.145. The van der Waals surface area contributed by atoms with Gasteiger partial charge in [-0.2, -0.15) is 0 Å². The van der Waals surface area contributed by atoms with E-state index in [-0.39, 0.29) is 30.8 Å². The van der Waals surface area contributed by atoms with Crippen molar-refractivity contribution in [1.29, 1.82) is 0 Å². The number of rotatable bonds is 9. The molecule has 0 radical (unpaired) electrons. The van der Waals surface area contributed by atoms with Crippen LogP contribution in [0, 0.1) is 17.3 Å². The van der Waals surface area contributed by atoms with Crippen molar-refractivity contribution < 1.29 is 24.2 Å². The Kier molecular flexibility index (Phi) is 7.15. The van der Waals surface area contributed by atoms with Crippen LogP contribution in [-0.4, -0.2) is 42.3 Å². The summed E-state index contributed by atoms with van der Waals surface area (Å²) in [5, 5.41) is 15.0. The van der Waals surface area contributed by atoms with Crippen LogP contribution in [0.15, 0.2) is 48.5 Å². The molecule has 3 N–H and O–H groups in total. The lowest BCUT2D eigenvalue weighted by Gasteiger charge is -2.28. The maximum absolute atomic E-state index is 12.6. The zero-order valence-electron chi connectivity index (χ0n) is 20.5. The number of hydrogen-bond acceptors (Lipinski definition) is 4. The summed E-state index contributed by atoms with van der Waals surface area (Å²) in [6.45, 7) is 5.90. The third kappa shape index (κ3) is 5.84. The number of carbonyl (C=O) groups excluding carboxylic acids is 2. The van der Waals surface area contributed by atoms with Crippen LogP contribution in [-0.2, 0) is 14.3 Å². The molecule has 186 valence electrons. The Morgan fingerprint density at radius 2 is 1.57 bits per heavy atom. The van der Waals surface area contributed by atoms with Crippen molar-refractivity contribution in [2.24, 2.45) is 17.3 Å². The number of aliphatic carboxylic acids is 1. The van der Waals surface area contributed by atoms with Gasteiger partial charge in [-0.05, 0) is 52.3 Å². The molecular formula is C28H34N2O5. The van der Waals surface area contributed by atoms with Gasteiger partial charge in [0.25, 0.3) is 0 Å². The summed E-state index contributed by atoms with van der Waals surface area (Å²) in [5.74, 6) is -1.06. The highest BCUT2D eigenvalue weighted by molar-refractivity contribution is 5.84. The first-order valence-electron chi connectivity index (χ1n) is 12.3. The highest BCUT2D eigenvalue weighted by Gasteiger charge is 2.36. The Hall–Kier alpha value is -3.35. The first kappa shape index (κ1) is 24.8. The number of hydrogen-bond donors (Lipinski definition) is 3. The van der Waals surface area contributed by atoms with Crippen LogP contribution in [0.3, 0.4) is 0 Å². The molecule has 2 aromatic rings. The zero-order chi connectivity index (χ0) is 25.2. The van der Waals surface area contributed by atoms with Crippen molar-refractivity contribution in [3.63, 3.8) is 0 Å². The fraction of sp³-hybridized carbons (Fsp3) is 0.464. The fourth-order valence-electron chi connectivity index (χ4n) is 4.94. The van der Waals surface area contributed by atoms with E-state index in [4.69, 9.17) is 4.74 Å². The van der Waals surface area contributed by atoms with Crippen LogP contribution in [0.25, 0.3) is 11.1 Å². The Morgan fingerprint density at radius 3 is 2.09 bits per heavy atom. The number of fused-ring (bicyclic) bond motifs is 3. The topological polar surface area (TPSA) is 105 Å². The van der Waals surface area contributed by atoms with Gasteiger partial charge in [0.05, 0.1) is 0 Å². The lowest BCUT2D eigenvalue weighted by Crippen LogP contribution is -2.49. The van der Waals surface area contributed by atoms with Gasteiger partial charge in [0.1, 0.15) is 12.6 Å². The third-order valence-corrected chi connectivity index (χ3v) is 7.01. The number of benzene rings is 2. The van der Waals surface area contributed by atoms with Gasteiger partial charge in [-0.3, -0.25) is 4.79 Å². The Bertz CT molecular complexity index is 1060. The molecule has 0 aromatic heterocycles. The molecule has 2 aliphatic carbocycles. The minimum Gasteiger partial charge on any atom is -0.480 e. The Balaban J connectivity index is 1.31. The molecule has 2 aliphatic rings. The molecule has 0 aliphatic heterocycles. The minimum absolute atomic E-state index is 0.0106. The molecule has 0 saturated heterocycles. The minimum atomic E-state index is -1.05. The van der Waals surface area contributed by atoms with Crippen molar-refractivity contribution in [3.05, 3.63) is 59.7 Å².